The number of carbonyl (C=O) groups excluding carboxylic acids is 2. The predicted molar refractivity (Wildman–Crippen MR) is 159 cm³/mol. The summed E-state index contributed by atoms with van der Waals surface area (Å²) < 4.78 is 0. The minimum absolute atomic E-state index is 0.0499. The lowest BCUT2D eigenvalue weighted by Crippen LogP contribution is -2.31. The molecule has 1 aromatic heterocycles. The van der Waals surface area contributed by atoms with Crippen molar-refractivity contribution in [2.75, 3.05) is 42.9 Å². The molecule has 0 saturated heterocycles. The molecule has 39 heavy (non-hydrogen) atoms. The smallest absolute Gasteiger partial charge is 0.268 e. The molecule has 0 fully saturated rings. The summed E-state index contributed by atoms with van der Waals surface area (Å²) >= 11 is 0. The molecule has 2 heterocycles. The fourth-order valence-electron chi connectivity index (χ4n) is 4.24. The molecule has 0 spiro atoms. The molecule has 0 bridgehead atoms. The zero-order chi connectivity index (χ0) is 27.5. The van der Waals surface area contributed by atoms with E-state index in [-0.39, 0.29) is 5.95 Å². The second-order valence-corrected chi connectivity index (χ2v) is 9.65. The molecule has 4 aromatic rings. The first-order valence-electron chi connectivity index (χ1n) is 12.6. The largest absolute Gasteiger partial charge is 0.378 e. The van der Waals surface area contributed by atoms with E-state index in [4.69, 9.17) is 0 Å². The summed E-state index contributed by atoms with van der Waals surface area (Å²) in [6, 6.07) is 24.9. The van der Waals surface area contributed by atoms with Crippen molar-refractivity contribution in [3.63, 3.8) is 0 Å². The van der Waals surface area contributed by atoms with Crippen LogP contribution in [0.1, 0.15) is 43.2 Å². The third kappa shape index (κ3) is 5.48. The Hall–Kier alpha value is -5.04. The average molecular weight is 516 g/mol. The van der Waals surface area contributed by atoms with Crippen LogP contribution in [0.5, 0.6) is 0 Å². The highest BCUT2D eigenvalue weighted by atomic mass is 16.2. The van der Waals surface area contributed by atoms with Gasteiger partial charge in [-0.1, -0.05) is 48.6 Å². The molecule has 1 aliphatic heterocycles. The summed E-state index contributed by atoms with van der Waals surface area (Å²) in [4.78, 5) is 40.6. The van der Waals surface area contributed by atoms with Crippen LogP contribution < -0.4 is 14.7 Å². The normalized spacial score (nSPS) is 13.0. The standard InChI is InChI=1S/C32H29N5O2/c1-35(2)26-17-11-22(12-18-26)9-15-24-21-25(16-10-23-13-19-27(20-14-23)36(3)4)34-32(33-24)37-30(38)28-7-5-6-8-29(28)31(37)39/h5-21H,1-4H3/b15-9+,16-10+. The second-order valence-electron chi connectivity index (χ2n) is 9.65. The quantitative estimate of drug-likeness (QED) is 0.292. The molecule has 0 saturated carbocycles. The Morgan fingerprint density at radius 3 is 1.38 bits per heavy atom. The molecule has 194 valence electrons. The number of nitrogens with zero attached hydrogens (tertiary/aromatic N) is 5. The number of amides is 2. The Bertz CT molecular complexity index is 1470. The van der Waals surface area contributed by atoms with Crippen LogP contribution in [0.4, 0.5) is 17.3 Å². The van der Waals surface area contributed by atoms with Gasteiger partial charge in [0.05, 0.1) is 22.5 Å². The van der Waals surface area contributed by atoms with Gasteiger partial charge in [0.2, 0.25) is 5.95 Å². The van der Waals surface area contributed by atoms with E-state index in [0.717, 1.165) is 27.4 Å². The molecular weight excluding hydrogens is 486 g/mol. The van der Waals surface area contributed by atoms with Crippen molar-refractivity contribution in [2.45, 2.75) is 0 Å². The third-order valence-electron chi connectivity index (χ3n) is 6.46. The third-order valence-corrected chi connectivity index (χ3v) is 6.46. The summed E-state index contributed by atoms with van der Waals surface area (Å²) in [6.07, 6.45) is 7.61. The van der Waals surface area contributed by atoms with Gasteiger partial charge in [-0.15, -0.1) is 0 Å². The van der Waals surface area contributed by atoms with Crippen molar-refractivity contribution in [1.29, 1.82) is 0 Å². The number of hydrogen-bond acceptors (Lipinski definition) is 6. The number of rotatable bonds is 7. The van der Waals surface area contributed by atoms with E-state index < -0.39 is 11.8 Å². The van der Waals surface area contributed by atoms with Crippen molar-refractivity contribution in [3.8, 4) is 0 Å². The van der Waals surface area contributed by atoms with E-state index in [1.165, 1.54) is 0 Å². The Morgan fingerprint density at radius 1 is 0.590 bits per heavy atom. The highest BCUT2D eigenvalue weighted by Crippen LogP contribution is 2.27. The topological polar surface area (TPSA) is 69.6 Å². The van der Waals surface area contributed by atoms with Gasteiger partial charge in [0, 0.05) is 39.6 Å². The number of fused-ring (bicyclic) bond motifs is 1. The second kappa shape index (κ2) is 10.8. The van der Waals surface area contributed by atoms with Crippen molar-refractivity contribution in [2.24, 2.45) is 0 Å². The number of imide groups is 1. The van der Waals surface area contributed by atoms with Gasteiger partial charge in [-0.25, -0.2) is 14.9 Å². The number of carbonyl (C=O) groups is 2. The van der Waals surface area contributed by atoms with Crippen molar-refractivity contribution in [3.05, 3.63) is 113 Å². The van der Waals surface area contributed by atoms with E-state index in [9.17, 15) is 9.59 Å². The number of hydrogen-bond donors (Lipinski definition) is 0. The first kappa shape index (κ1) is 25.6. The molecule has 0 radical (unpaired) electrons. The fourth-order valence-corrected chi connectivity index (χ4v) is 4.24. The van der Waals surface area contributed by atoms with Gasteiger partial charge >= 0.3 is 0 Å². The molecular formula is C32H29N5O2. The van der Waals surface area contributed by atoms with Crippen LogP contribution in [-0.2, 0) is 0 Å². The molecule has 5 rings (SSSR count). The van der Waals surface area contributed by atoms with Gasteiger partial charge < -0.3 is 9.80 Å². The molecule has 2 amide bonds. The predicted octanol–water partition coefficient (Wildman–Crippen LogP) is 5.75. The number of aromatic nitrogens is 2. The first-order chi connectivity index (χ1) is 18.8. The lowest BCUT2D eigenvalue weighted by Gasteiger charge is -2.13. The van der Waals surface area contributed by atoms with E-state index >= 15 is 0 Å². The van der Waals surface area contributed by atoms with Gasteiger partial charge in [0.15, 0.2) is 0 Å². The zero-order valence-corrected chi connectivity index (χ0v) is 22.4. The van der Waals surface area contributed by atoms with E-state index in [1.54, 1.807) is 24.3 Å². The minimum atomic E-state index is -0.426. The van der Waals surface area contributed by atoms with Gasteiger partial charge in [-0.05, 0) is 65.7 Å². The van der Waals surface area contributed by atoms with E-state index in [0.29, 0.717) is 22.5 Å². The van der Waals surface area contributed by atoms with Gasteiger partial charge in [-0.2, -0.15) is 0 Å². The molecule has 0 atom stereocenters. The van der Waals surface area contributed by atoms with Crippen LogP contribution in [0.15, 0.2) is 78.9 Å². The summed E-state index contributed by atoms with van der Waals surface area (Å²) in [5.74, 6) is -0.802. The van der Waals surface area contributed by atoms with Crippen molar-refractivity contribution >= 4 is 53.4 Å². The van der Waals surface area contributed by atoms with Gasteiger partial charge in [0.25, 0.3) is 11.8 Å². The Labute approximate surface area is 228 Å². The summed E-state index contributed by atoms with van der Waals surface area (Å²) in [7, 11) is 7.99. The zero-order valence-electron chi connectivity index (χ0n) is 22.4. The van der Waals surface area contributed by atoms with Crippen LogP contribution in [-0.4, -0.2) is 50.0 Å². The summed E-state index contributed by atoms with van der Waals surface area (Å²) in [6.45, 7) is 0. The van der Waals surface area contributed by atoms with Crippen molar-refractivity contribution < 1.29 is 9.59 Å². The SMILES string of the molecule is CN(C)c1ccc(/C=C/c2cc(/C=C/c3ccc(N(C)C)cc3)nc(N3C(=O)c4ccccc4C3=O)n2)cc1. The summed E-state index contributed by atoms with van der Waals surface area (Å²) in [5.41, 5.74) is 6.07. The Morgan fingerprint density at radius 2 is 1.00 bits per heavy atom. The average Bonchev–Trinajstić information content (AvgIpc) is 3.20. The molecule has 0 aliphatic carbocycles. The Balaban J connectivity index is 1.50. The molecule has 1 aliphatic rings. The van der Waals surface area contributed by atoms with Crippen LogP contribution in [0.2, 0.25) is 0 Å². The first-order valence-corrected chi connectivity index (χ1v) is 12.6. The van der Waals surface area contributed by atoms with Gasteiger partial charge in [0.1, 0.15) is 0 Å². The molecule has 7 heteroatoms. The molecule has 7 nitrogen and oxygen atoms in total. The molecule has 0 N–H and O–H groups in total. The van der Waals surface area contributed by atoms with Crippen LogP contribution >= 0.6 is 0 Å². The highest BCUT2D eigenvalue weighted by molar-refractivity contribution is 6.33. The lowest BCUT2D eigenvalue weighted by molar-refractivity contribution is 0.0924. The van der Waals surface area contributed by atoms with E-state index in [1.807, 2.05) is 117 Å². The minimum Gasteiger partial charge on any atom is -0.378 e. The van der Waals surface area contributed by atoms with Crippen molar-refractivity contribution in [1.82, 2.24) is 9.97 Å². The molecule has 0 unspecified atom stereocenters. The van der Waals surface area contributed by atoms with Crippen LogP contribution in [0.25, 0.3) is 24.3 Å². The molecule has 3 aromatic carbocycles. The summed E-state index contributed by atoms with van der Waals surface area (Å²) in [5, 5.41) is 0. The van der Waals surface area contributed by atoms with Crippen LogP contribution in [0, 0.1) is 0 Å². The lowest BCUT2D eigenvalue weighted by atomic mass is 10.1. The Kier molecular flexibility index (Phi) is 7.06. The maximum absolute atomic E-state index is 13.1. The monoisotopic (exact) mass is 515 g/mol. The van der Waals surface area contributed by atoms with E-state index in [2.05, 4.69) is 9.97 Å². The maximum Gasteiger partial charge on any atom is 0.268 e. The maximum atomic E-state index is 13.1. The number of benzene rings is 3. The van der Waals surface area contributed by atoms with Gasteiger partial charge in [-0.3, -0.25) is 9.59 Å². The van der Waals surface area contributed by atoms with Crippen LogP contribution in [0.3, 0.4) is 0 Å². The fraction of sp³-hybridized carbons (Fsp3) is 0.125. The number of anilines is 3. The highest BCUT2D eigenvalue weighted by Gasteiger charge is 2.38.